The number of fused-ring (bicyclic) bond motifs is 3. The van der Waals surface area contributed by atoms with E-state index in [4.69, 9.17) is 4.74 Å². The molecule has 3 aliphatic carbocycles. The summed E-state index contributed by atoms with van der Waals surface area (Å²) in [7, 11) is 0. The highest BCUT2D eigenvalue weighted by Gasteiger charge is 2.49. The van der Waals surface area contributed by atoms with Crippen LogP contribution in [0.25, 0.3) is 11.1 Å². The fourth-order valence-corrected chi connectivity index (χ4v) is 5.26. The van der Waals surface area contributed by atoms with Gasteiger partial charge < -0.3 is 20.5 Å². The maximum atomic E-state index is 12.9. The van der Waals surface area contributed by atoms with Crippen LogP contribution in [0.15, 0.2) is 48.5 Å². The summed E-state index contributed by atoms with van der Waals surface area (Å²) in [4.78, 5) is 37.2. The van der Waals surface area contributed by atoms with Gasteiger partial charge in [-0.05, 0) is 54.4 Å². The highest BCUT2D eigenvalue weighted by Crippen LogP contribution is 2.44. The van der Waals surface area contributed by atoms with E-state index in [2.05, 4.69) is 34.9 Å². The Morgan fingerprint density at radius 2 is 1.48 bits per heavy atom. The zero-order chi connectivity index (χ0) is 23.1. The number of carboxylic acid groups (broad SMARTS) is 1. The van der Waals surface area contributed by atoms with Crippen molar-refractivity contribution in [3.05, 3.63) is 59.7 Å². The molecule has 0 aliphatic heterocycles. The molecule has 0 bridgehead atoms. The maximum Gasteiger partial charge on any atom is 0.408 e. The van der Waals surface area contributed by atoms with E-state index in [0.29, 0.717) is 25.7 Å². The summed E-state index contributed by atoms with van der Waals surface area (Å²) in [6.45, 7) is 0.273. The molecule has 3 N–H and O–H groups in total. The maximum absolute atomic E-state index is 12.9. The SMILES string of the molecule is O=C(NC1(C(=O)NCC2(C(=O)O)CCC2)CCC1)OCC1c2ccccc2-c2ccccc21. The van der Waals surface area contributed by atoms with Crippen LogP contribution in [0.2, 0.25) is 0 Å². The second kappa shape index (κ2) is 8.21. The fraction of sp³-hybridized carbons (Fsp3) is 0.423. The lowest BCUT2D eigenvalue weighted by atomic mass is 9.68. The summed E-state index contributed by atoms with van der Waals surface area (Å²) in [5, 5.41) is 15.1. The van der Waals surface area contributed by atoms with Crippen LogP contribution in [0.3, 0.4) is 0 Å². The zero-order valence-electron chi connectivity index (χ0n) is 18.4. The third kappa shape index (κ3) is 3.65. The normalized spacial score (nSPS) is 19.3. The molecule has 0 aromatic heterocycles. The number of nitrogens with one attached hydrogen (secondary N) is 2. The minimum Gasteiger partial charge on any atom is -0.481 e. The first-order valence-electron chi connectivity index (χ1n) is 11.6. The number of aliphatic carboxylic acids is 1. The number of hydrogen-bond donors (Lipinski definition) is 3. The molecular weight excluding hydrogens is 420 g/mol. The Balaban J connectivity index is 1.22. The summed E-state index contributed by atoms with van der Waals surface area (Å²) in [5.41, 5.74) is 2.67. The molecule has 2 fully saturated rings. The highest BCUT2D eigenvalue weighted by molar-refractivity contribution is 5.91. The molecule has 172 valence electrons. The Morgan fingerprint density at radius 1 is 0.909 bits per heavy atom. The van der Waals surface area contributed by atoms with Crippen molar-refractivity contribution >= 4 is 18.0 Å². The number of benzene rings is 2. The number of carbonyl (C=O) groups is 3. The van der Waals surface area contributed by atoms with Crippen molar-refractivity contribution in [3.63, 3.8) is 0 Å². The predicted octanol–water partition coefficient (Wildman–Crippen LogP) is 3.82. The van der Waals surface area contributed by atoms with Crippen LogP contribution in [0.5, 0.6) is 0 Å². The van der Waals surface area contributed by atoms with Crippen LogP contribution in [0, 0.1) is 5.41 Å². The monoisotopic (exact) mass is 448 g/mol. The van der Waals surface area contributed by atoms with Gasteiger partial charge in [-0.25, -0.2) is 4.79 Å². The lowest BCUT2D eigenvalue weighted by molar-refractivity contribution is -0.154. The first kappa shape index (κ1) is 21.5. The third-order valence-electron chi connectivity index (χ3n) is 7.68. The molecule has 0 unspecified atom stereocenters. The van der Waals surface area contributed by atoms with E-state index in [0.717, 1.165) is 35.1 Å². The third-order valence-corrected chi connectivity index (χ3v) is 7.68. The quantitative estimate of drug-likeness (QED) is 0.597. The molecule has 5 rings (SSSR count). The fourth-order valence-electron chi connectivity index (χ4n) is 5.26. The van der Waals surface area contributed by atoms with Crippen molar-refractivity contribution in [2.75, 3.05) is 13.2 Å². The molecule has 0 atom stereocenters. The average molecular weight is 449 g/mol. The van der Waals surface area contributed by atoms with Gasteiger partial charge in [0.25, 0.3) is 0 Å². The minimum atomic E-state index is -1.02. The number of amides is 2. The number of hydrogen-bond acceptors (Lipinski definition) is 4. The van der Waals surface area contributed by atoms with E-state index in [1.165, 1.54) is 0 Å². The van der Waals surface area contributed by atoms with E-state index in [-0.39, 0.29) is 25.0 Å². The molecule has 2 amide bonds. The summed E-state index contributed by atoms with van der Waals surface area (Å²) >= 11 is 0. The van der Waals surface area contributed by atoms with Gasteiger partial charge in [-0.3, -0.25) is 9.59 Å². The first-order valence-corrected chi connectivity index (χ1v) is 11.6. The topological polar surface area (TPSA) is 105 Å². The summed E-state index contributed by atoms with van der Waals surface area (Å²) in [6, 6.07) is 16.2. The standard InChI is InChI=1S/C26H28N2O5/c29-22(27-16-25(23(30)31)11-5-12-25)26(13-6-14-26)28-24(32)33-15-21-19-9-3-1-7-17(19)18-8-2-4-10-20(18)21/h1-4,7-10,21H,5-6,11-16H2,(H,27,29)(H,28,32)(H,30,31). The van der Waals surface area contributed by atoms with Crippen molar-refractivity contribution in [2.45, 2.75) is 50.0 Å². The van der Waals surface area contributed by atoms with E-state index in [9.17, 15) is 19.5 Å². The van der Waals surface area contributed by atoms with E-state index in [1.54, 1.807) is 0 Å². The largest absolute Gasteiger partial charge is 0.481 e. The molecule has 2 aromatic carbocycles. The Morgan fingerprint density at radius 3 is 1.97 bits per heavy atom. The van der Waals surface area contributed by atoms with Crippen molar-refractivity contribution in [1.82, 2.24) is 10.6 Å². The first-order chi connectivity index (χ1) is 15.9. The molecule has 2 saturated carbocycles. The Kier molecular flexibility index (Phi) is 5.35. The van der Waals surface area contributed by atoms with Gasteiger partial charge >= 0.3 is 12.1 Å². The van der Waals surface area contributed by atoms with Crippen molar-refractivity contribution in [1.29, 1.82) is 0 Å². The van der Waals surface area contributed by atoms with Crippen molar-refractivity contribution < 1.29 is 24.2 Å². The van der Waals surface area contributed by atoms with Gasteiger partial charge in [-0.15, -0.1) is 0 Å². The molecule has 33 heavy (non-hydrogen) atoms. The second-order valence-corrected chi connectivity index (χ2v) is 9.51. The molecule has 0 radical (unpaired) electrons. The molecule has 7 heteroatoms. The second-order valence-electron chi connectivity index (χ2n) is 9.51. The number of alkyl carbamates (subject to hydrolysis) is 1. The Hall–Kier alpha value is -3.35. The van der Waals surface area contributed by atoms with Crippen LogP contribution in [-0.2, 0) is 14.3 Å². The lowest BCUT2D eigenvalue weighted by Gasteiger charge is -2.42. The van der Waals surface area contributed by atoms with Gasteiger partial charge in [0, 0.05) is 12.5 Å². The number of carbonyl (C=O) groups excluding carboxylic acids is 2. The van der Waals surface area contributed by atoms with Crippen LogP contribution in [0.1, 0.15) is 55.6 Å². The smallest absolute Gasteiger partial charge is 0.408 e. The van der Waals surface area contributed by atoms with Gasteiger partial charge in [-0.2, -0.15) is 0 Å². The number of rotatable bonds is 7. The van der Waals surface area contributed by atoms with Gasteiger partial charge in [-0.1, -0.05) is 55.0 Å². The molecule has 7 nitrogen and oxygen atoms in total. The molecular formula is C26H28N2O5. The summed E-state index contributed by atoms with van der Waals surface area (Å²) < 4.78 is 5.61. The average Bonchev–Trinajstić information content (AvgIpc) is 3.07. The van der Waals surface area contributed by atoms with E-state index < -0.39 is 23.0 Å². The molecule has 0 saturated heterocycles. The van der Waals surface area contributed by atoms with Crippen molar-refractivity contribution in [2.24, 2.45) is 5.41 Å². The number of carboxylic acids is 1. The zero-order valence-corrected chi connectivity index (χ0v) is 18.4. The minimum absolute atomic E-state index is 0.0524. The Bertz CT molecular complexity index is 1060. The Labute approximate surface area is 192 Å². The van der Waals surface area contributed by atoms with Crippen LogP contribution in [-0.4, -0.2) is 41.8 Å². The molecule has 0 heterocycles. The van der Waals surface area contributed by atoms with Gasteiger partial charge in [0.2, 0.25) is 5.91 Å². The highest BCUT2D eigenvalue weighted by atomic mass is 16.5. The predicted molar refractivity (Wildman–Crippen MR) is 122 cm³/mol. The van der Waals surface area contributed by atoms with Gasteiger partial charge in [0.15, 0.2) is 0 Å². The van der Waals surface area contributed by atoms with E-state index >= 15 is 0 Å². The van der Waals surface area contributed by atoms with Crippen molar-refractivity contribution in [3.8, 4) is 11.1 Å². The van der Waals surface area contributed by atoms with Crippen LogP contribution < -0.4 is 10.6 Å². The molecule has 0 spiro atoms. The van der Waals surface area contributed by atoms with E-state index in [1.807, 2.05) is 24.3 Å². The summed E-state index contributed by atoms with van der Waals surface area (Å²) in [6.07, 6.45) is 3.21. The van der Waals surface area contributed by atoms with Gasteiger partial charge in [0.1, 0.15) is 12.1 Å². The number of ether oxygens (including phenoxy) is 1. The lowest BCUT2D eigenvalue weighted by Crippen LogP contribution is -2.64. The van der Waals surface area contributed by atoms with Crippen LogP contribution >= 0.6 is 0 Å². The molecule has 2 aromatic rings. The van der Waals surface area contributed by atoms with Crippen LogP contribution in [0.4, 0.5) is 4.79 Å². The molecule has 3 aliphatic rings. The van der Waals surface area contributed by atoms with Gasteiger partial charge in [0.05, 0.1) is 5.41 Å². The summed E-state index contributed by atoms with van der Waals surface area (Å²) in [5.74, 6) is -1.25.